The van der Waals surface area contributed by atoms with Crippen LogP contribution < -0.4 is 0 Å². The Bertz CT molecular complexity index is 958. The second kappa shape index (κ2) is 5.90. The van der Waals surface area contributed by atoms with E-state index in [1.807, 2.05) is 30.4 Å². The molecule has 2 aliphatic carbocycles. The lowest BCUT2D eigenvalue weighted by atomic mass is 9.85. The van der Waals surface area contributed by atoms with Crippen molar-refractivity contribution in [1.82, 2.24) is 10.0 Å². The molecule has 5 rings (SSSR count). The van der Waals surface area contributed by atoms with E-state index in [0.29, 0.717) is 0 Å². The number of nitrogens with zero attached hydrogens (tertiary/aromatic N) is 2. The van der Waals surface area contributed by atoms with Gasteiger partial charge in [0.05, 0.1) is 16.7 Å². The molecular formula is C19H13BrN2O4S. The van der Waals surface area contributed by atoms with Crippen LogP contribution in [0.5, 0.6) is 0 Å². The third kappa shape index (κ3) is 2.39. The van der Waals surface area contributed by atoms with Crippen LogP contribution in [-0.4, -0.2) is 33.0 Å². The summed E-state index contributed by atoms with van der Waals surface area (Å²) in [6, 6.07) is 7.29. The number of amides is 4. The molecule has 4 unspecified atom stereocenters. The van der Waals surface area contributed by atoms with E-state index >= 15 is 0 Å². The first-order valence-corrected chi connectivity index (χ1v) is 10.2. The van der Waals surface area contributed by atoms with Gasteiger partial charge in [-0.05, 0) is 53.8 Å². The van der Waals surface area contributed by atoms with E-state index < -0.39 is 34.8 Å². The van der Waals surface area contributed by atoms with Crippen LogP contribution in [0.1, 0.15) is 12.0 Å². The predicted octanol–water partition coefficient (Wildman–Crippen LogP) is 3.21. The molecule has 4 aliphatic rings. The second-order valence-electron chi connectivity index (χ2n) is 7.04. The zero-order valence-electron chi connectivity index (χ0n) is 13.9. The fraction of sp³-hybridized carbons (Fsp3) is 0.263. The van der Waals surface area contributed by atoms with Gasteiger partial charge in [-0.25, -0.2) is 0 Å². The molecule has 1 saturated carbocycles. The number of thioether (sulfide) groups is 1. The van der Waals surface area contributed by atoms with Crippen LogP contribution in [-0.2, 0) is 14.4 Å². The third-order valence-corrected chi connectivity index (χ3v) is 6.92. The van der Waals surface area contributed by atoms with Gasteiger partial charge in [-0.2, -0.15) is 10.0 Å². The Morgan fingerprint density at radius 1 is 1.00 bits per heavy atom. The molecule has 1 aromatic carbocycles. The molecule has 2 bridgehead atoms. The molecule has 8 heteroatoms. The Balaban J connectivity index is 1.46. The van der Waals surface area contributed by atoms with Crippen molar-refractivity contribution in [2.24, 2.45) is 23.7 Å². The number of halogens is 1. The number of carbonyl (C=O) groups is 4. The zero-order valence-corrected chi connectivity index (χ0v) is 16.3. The van der Waals surface area contributed by atoms with Gasteiger partial charge in [-0.15, -0.1) is 0 Å². The van der Waals surface area contributed by atoms with Gasteiger partial charge < -0.3 is 0 Å². The highest BCUT2D eigenvalue weighted by molar-refractivity contribution is 9.10. The van der Waals surface area contributed by atoms with E-state index in [2.05, 4.69) is 15.9 Å². The number of carbonyl (C=O) groups excluding carboxylic acids is 4. The van der Waals surface area contributed by atoms with Gasteiger partial charge in [-0.1, -0.05) is 40.2 Å². The first-order valence-electron chi connectivity index (χ1n) is 8.55. The molecule has 2 aliphatic heterocycles. The van der Waals surface area contributed by atoms with Gasteiger partial charge in [-0.3, -0.25) is 19.2 Å². The van der Waals surface area contributed by atoms with Crippen LogP contribution >= 0.6 is 27.7 Å². The summed E-state index contributed by atoms with van der Waals surface area (Å²) < 4.78 is 0.844. The largest absolute Gasteiger partial charge is 0.313 e. The summed E-state index contributed by atoms with van der Waals surface area (Å²) in [4.78, 5) is 51.2. The summed E-state index contributed by atoms with van der Waals surface area (Å²) in [5, 5.41) is 0.890. The smallest absolute Gasteiger partial charge is 0.272 e. The van der Waals surface area contributed by atoms with Crippen LogP contribution in [0.3, 0.4) is 0 Å². The number of rotatable bonds is 2. The number of hydrogen-bond acceptors (Lipinski definition) is 5. The van der Waals surface area contributed by atoms with E-state index in [-0.39, 0.29) is 16.7 Å². The topological polar surface area (TPSA) is 74.8 Å². The average molecular weight is 445 g/mol. The van der Waals surface area contributed by atoms with E-state index in [0.717, 1.165) is 38.2 Å². The van der Waals surface area contributed by atoms with Crippen molar-refractivity contribution in [3.05, 3.63) is 51.4 Å². The van der Waals surface area contributed by atoms with Crippen LogP contribution in [0.4, 0.5) is 4.79 Å². The maximum Gasteiger partial charge on any atom is 0.313 e. The van der Waals surface area contributed by atoms with Crippen molar-refractivity contribution in [2.45, 2.75) is 6.42 Å². The van der Waals surface area contributed by atoms with Crippen molar-refractivity contribution in [1.29, 1.82) is 0 Å². The number of hydrogen-bond donors (Lipinski definition) is 0. The van der Waals surface area contributed by atoms with Crippen molar-refractivity contribution in [3.8, 4) is 0 Å². The molecule has 2 heterocycles. The van der Waals surface area contributed by atoms with Crippen LogP contribution in [0.15, 0.2) is 45.8 Å². The zero-order chi connectivity index (χ0) is 18.9. The molecule has 6 nitrogen and oxygen atoms in total. The molecule has 136 valence electrons. The average Bonchev–Trinajstić information content (AvgIpc) is 3.35. The first-order chi connectivity index (χ1) is 13.0. The van der Waals surface area contributed by atoms with Crippen LogP contribution in [0.2, 0.25) is 0 Å². The molecule has 0 radical (unpaired) electrons. The number of hydrazine groups is 1. The summed E-state index contributed by atoms with van der Waals surface area (Å²) in [5.41, 5.74) is 0.744. The number of benzene rings is 1. The van der Waals surface area contributed by atoms with Crippen molar-refractivity contribution in [3.63, 3.8) is 0 Å². The normalized spacial score (nSPS) is 33.1. The Labute approximate surface area is 167 Å². The van der Waals surface area contributed by atoms with E-state index in [1.54, 1.807) is 12.1 Å². The SMILES string of the molecule is O=C1SC(=Cc2cccc(Br)c2)C(=O)N1N1C(=O)C2C3C=CC(C3)C2C1=O. The summed E-state index contributed by atoms with van der Waals surface area (Å²) in [6.45, 7) is 0. The molecule has 0 N–H and O–H groups in total. The highest BCUT2D eigenvalue weighted by Crippen LogP contribution is 2.53. The van der Waals surface area contributed by atoms with Crippen LogP contribution in [0, 0.1) is 23.7 Å². The Hall–Kier alpha value is -2.19. The second-order valence-corrected chi connectivity index (χ2v) is 8.95. The lowest BCUT2D eigenvalue weighted by molar-refractivity contribution is -0.160. The van der Waals surface area contributed by atoms with Crippen molar-refractivity contribution < 1.29 is 19.2 Å². The summed E-state index contributed by atoms with van der Waals surface area (Å²) in [6.07, 6.45) is 6.33. The Morgan fingerprint density at radius 3 is 2.30 bits per heavy atom. The minimum atomic E-state index is -0.632. The third-order valence-electron chi connectivity index (χ3n) is 5.57. The molecule has 1 aromatic rings. The Morgan fingerprint density at radius 2 is 1.67 bits per heavy atom. The van der Waals surface area contributed by atoms with Gasteiger partial charge in [0.25, 0.3) is 17.7 Å². The molecule has 4 amide bonds. The van der Waals surface area contributed by atoms with Gasteiger partial charge in [0.15, 0.2) is 0 Å². The number of imide groups is 2. The van der Waals surface area contributed by atoms with E-state index in [4.69, 9.17) is 0 Å². The molecule has 0 aromatic heterocycles. The van der Waals surface area contributed by atoms with Gasteiger partial charge >= 0.3 is 5.24 Å². The van der Waals surface area contributed by atoms with Crippen molar-refractivity contribution in [2.75, 3.05) is 0 Å². The quantitative estimate of drug-likeness (QED) is 0.397. The molecular weight excluding hydrogens is 432 g/mol. The monoisotopic (exact) mass is 444 g/mol. The van der Waals surface area contributed by atoms with E-state index in [1.165, 1.54) is 0 Å². The van der Waals surface area contributed by atoms with E-state index in [9.17, 15) is 19.2 Å². The molecule has 3 fully saturated rings. The first kappa shape index (κ1) is 16.9. The maximum absolute atomic E-state index is 12.9. The van der Waals surface area contributed by atoms with Crippen molar-refractivity contribution >= 4 is 56.7 Å². The summed E-state index contributed by atoms with van der Waals surface area (Å²) in [5.74, 6) is -2.35. The fourth-order valence-corrected chi connectivity index (χ4v) is 5.69. The van der Waals surface area contributed by atoms with Gasteiger partial charge in [0, 0.05) is 4.47 Å². The van der Waals surface area contributed by atoms with Gasteiger partial charge in [0.2, 0.25) is 0 Å². The lowest BCUT2D eigenvalue weighted by Crippen LogP contribution is -2.49. The highest BCUT2D eigenvalue weighted by atomic mass is 79.9. The summed E-state index contributed by atoms with van der Waals surface area (Å²) >= 11 is 4.10. The van der Waals surface area contributed by atoms with Gasteiger partial charge in [0.1, 0.15) is 0 Å². The highest BCUT2D eigenvalue weighted by Gasteiger charge is 2.62. The molecule has 0 spiro atoms. The number of fused-ring (bicyclic) bond motifs is 5. The minimum absolute atomic E-state index is 0.0265. The standard InChI is InChI=1S/C19H13BrN2O4S/c20-12-3-1-2-9(6-12)7-13-16(23)22(19(26)27-13)21-17(24)14-10-4-5-11(8-10)15(14)18(21)25/h1-7,10-11,14-15H,8H2. The lowest BCUT2D eigenvalue weighted by Gasteiger charge is -2.24. The molecule has 2 saturated heterocycles. The summed E-state index contributed by atoms with van der Waals surface area (Å²) in [7, 11) is 0. The predicted molar refractivity (Wildman–Crippen MR) is 102 cm³/mol. The molecule has 4 atom stereocenters. The molecule has 27 heavy (non-hydrogen) atoms. The Kier molecular flexibility index (Phi) is 3.70. The number of allylic oxidation sites excluding steroid dienone is 2. The fourth-order valence-electron chi connectivity index (χ4n) is 4.46. The van der Waals surface area contributed by atoms with Crippen LogP contribution in [0.25, 0.3) is 6.08 Å². The minimum Gasteiger partial charge on any atom is -0.272 e. The maximum atomic E-state index is 12.9.